The van der Waals surface area contributed by atoms with E-state index in [1.54, 1.807) is 18.5 Å². The number of H-pyrrole nitrogens is 1. The molecule has 100 valence electrons. The van der Waals surface area contributed by atoms with Crippen LogP contribution in [-0.4, -0.2) is 26.0 Å². The Labute approximate surface area is 114 Å². The molecule has 3 rings (SSSR count). The van der Waals surface area contributed by atoms with E-state index in [1.807, 2.05) is 18.3 Å². The number of aromatic carboxylic acids is 1. The molecule has 0 aliphatic heterocycles. The molecule has 0 unspecified atom stereocenters. The number of pyridine rings is 2. The highest BCUT2D eigenvalue weighted by Crippen LogP contribution is 2.18. The van der Waals surface area contributed by atoms with Crippen LogP contribution in [0.4, 0.5) is 5.82 Å². The zero-order chi connectivity index (χ0) is 13.9. The van der Waals surface area contributed by atoms with E-state index in [1.165, 1.54) is 6.07 Å². The van der Waals surface area contributed by atoms with Crippen LogP contribution in [0.1, 0.15) is 15.9 Å². The van der Waals surface area contributed by atoms with E-state index in [0.29, 0.717) is 12.4 Å². The lowest BCUT2D eigenvalue weighted by molar-refractivity contribution is 0.0697. The molecule has 6 heteroatoms. The first kappa shape index (κ1) is 12.2. The molecule has 3 aromatic heterocycles. The smallest absolute Gasteiger partial charge is 0.339 e. The van der Waals surface area contributed by atoms with Gasteiger partial charge < -0.3 is 15.4 Å². The molecule has 0 aliphatic rings. The van der Waals surface area contributed by atoms with Crippen molar-refractivity contribution in [2.45, 2.75) is 6.54 Å². The Morgan fingerprint density at radius 2 is 2.05 bits per heavy atom. The maximum absolute atomic E-state index is 11.1. The van der Waals surface area contributed by atoms with Gasteiger partial charge in [-0.15, -0.1) is 0 Å². The number of aromatic nitrogens is 3. The number of carbonyl (C=O) groups is 1. The monoisotopic (exact) mass is 268 g/mol. The first-order chi connectivity index (χ1) is 9.75. The van der Waals surface area contributed by atoms with Gasteiger partial charge in [0.25, 0.3) is 0 Å². The lowest BCUT2D eigenvalue weighted by Crippen LogP contribution is -2.07. The van der Waals surface area contributed by atoms with Gasteiger partial charge in [0.2, 0.25) is 0 Å². The summed E-state index contributed by atoms with van der Waals surface area (Å²) in [6.45, 7) is 0.475. The SMILES string of the molecule is O=C(O)c1cccnc1NCc1c[nH]c2ncccc12. The second-order valence-corrected chi connectivity index (χ2v) is 4.27. The highest BCUT2D eigenvalue weighted by Gasteiger charge is 2.11. The minimum absolute atomic E-state index is 0.158. The first-order valence-corrected chi connectivity index (χ1v) is 6.09. The number of carboxylic acids is 1. The Bertz CT molecular complexity index is 766. The van der Waals surface area contributed by atoms with Crippen molar-refractivity contribution < 1.29 is 9.90 Å². The van der Waals surface area contributed by atoms with Gasteiger partial charge in [-0.2, -0.15) is 0 Å². The summed E-state index contributed by atoms with van der Waals surface area (Å²) in [5.41, 5.74) is 1.98. The van der Waals surface area contributed by atoms with Crippen molar-refractivity contribution in [1.29, 1.82) is 0 Å². The largest absolute Gasteiger partial charge is 0.478 e. The van der Waals surface area contributed by atoms with E-state index in [-0.39, 0.29) is 5.56 Å². The average Bonchev–Trinajstić information content (AvgIpc) is 2.88. The third kappa shape index (κ3) is 2.18. The van der Waals surface area contributed by atoms with E-state index in [9.17, 15) is 4.79 Å². The fourth-order valence-electron chi connectivity index (χ4n) is 2.06. The van der Waals surface area contributed by atoms with Gasteiger partial charge in [-0.3, -0.25) is 0 Å². The normalized spacial score (nSPS) is 10.6. The maximum atomic E-state index is 11.1. The number of aromatic amines is 1. The van der Waals surface area contributed by atoms with E-state index in [2.05, 4.69) is 20.3 Å². The van der Waals surface area contributed by atoms with Crippen molar-refractivity contribution in [3.05, 3.63) is 54.0 Å². The van der Waals surface area contributed by atoms with Crippen molar-refractivity contribution in [1.82, 2.24) is 15.0 Å². The molecular weight excluding hydrogens is 256 g/mol. The van der Waals surface area contributed by atoms with Crippen molar-refractivity contribution in [2.24, 2.45) is 0 Å². The molecule has 0 aliphatic carbocycles. The number of carboxylic acid groups (broad SMARTS) is 1. The lowest BCUT2D eigenvalue weighted by Gasteiger charge is -2.07. The fourth-order valence-corrected chi connectivity index (χ4v) is 2.06. The van der Waals surface area contributed by atoms with Crippen molar-refractivity contribution >= 4 is 22.8 Å². The van der Waals surface area contributed by atoms with Gasteiger partial charge in [-0.05, 0) is 29.8 Å². The molecule has 0 spiro atoms. The lowest BCUT2D eigenvalue weighted by atomic mass is 10.2. The van der Waals surface area contributed by atoms with E-state index in [4.69, 9.17) is 5.11 Å². The third-order valence-electron chi connectivity index (χ3n) is 3.02. The molecule has 0 saturated heterocycles. The van der Waals surface area contributed by atoms with Crippen molar-refractivity contribution in [3.63, 3.8) is 0 Å². The van der Waals surface area contributed by atoms with Gasteiger partial charge in [-0.25, -0.2) is 14.8 Å². The number of hydrogen-bond acceptors (Lipinski definition) is 4. The Morgan fingerprint density at radius 1 is 1.25 bits per heavy atom. The van der Waals surface area contributed by atoms with Crippen LogP contribution in [0.15, 0.2) is 42.9 Å². The molecule has 0 atom stereocenters. The molecule has 3 aromatic rings. The van der Waals surface area contributed by atoms with Gasteiger partial charge >= 0.3 is 5.97 Å². The van der Waals surface area contributed by atoms with Gasteiger partial charge in [0, 0.05) is 30.5 Å². The zero-order valence-electron chi connectivity index (χ0n) is 10.5. The molecule has 0 saturated carbocycles. The summed E-state index contributed by atoms with van der Waals surface area (Å²) in [4.78, 5) is 22.4. The topological polar surface area (TPSA) is 90.9 Å². The highest BCUT2D eigenvalue weighted by atomic mass is 16.4. The quantitative estimate of drug-likeness (QED) is 0.675. The Morgan fingerprint density at radius 3 is 2.90 bits per heavy atom. The molecule has 0 fully saturated rings. The predicted octanol–water partition coefficient (Wildman–Crippen LogP) is 2.27. The summed E-state index contributed by atoms with van der Waals surface area (Å²) in [7, 11) is 0. The van der Waals surface area contributed by atoms with E-state index >= 15 is 0 Å². The van der Waals surface area contributed by atoms with Crippen LogP contribution in [0.3, 0.4) is 0 Å². The van der Waals surface area contributed by atoms with Crippen molar-refractivity contribution in [3.8, 4) is 0 Å². The molecule has 0 bridgehead atoms. The summed E-state index contributed by atoms with van der Waals surface area (Å²) in [6.07, 6.45) is 5.14. The molecule has 3 N–H and O–H groups in total. The Hall–Kier alpha value is -2.89. The van der Waals surface area contributed by atoms with Crippen LogP contribution < -0.4 is 5.32 Å². The number of rotatable bonds is 4. The number of hydrogen-bond donors (Lipinski definition) is 3. The number of nitrogens with zero attached hydrogens (tertiary/aromatic N) is 2. The first-order valence-electron chi connectivity index (χ1n) is 6.09. The Balaban J connectivity index is 1.85. The fraction of sp³-hybridized carbons (Fsp3) is 0.0714. The summed E-state index contributed by atoms with van der Waals surface area (Å²) in [5, 5.41) is 13.2. The van der Waals surface area contributed by atoms with E-state index < -0.39 is 5.97 Å². The standard InChI is InChI=1S/C14H12N4O2/c19-14(20)11-4-2-6-16-13(11)18-8-9-7-17-12-10(9)3-1-5-15-12/h1-7H,8H2,(H,15,17)(H,16,18)(H,19,20). The zero-order valence-corrected chi connectivity index (χ0v) is 10.5. The molecule has 0 radical (unpaired) electrons. The predicted molar refractivity (Wildman–Crippen MR) is 74.6 cm³/mol. The van der Waals surface area contributed by atoms with Crippen LogP contribution in [-0.2, 0) is 6.54 Å². The summed E-state index contributed by atoms with van der Waals surface area (Å²) in [5.74, 6) is -0.639. The highest BCUT2D eigenvalue weighted by molar-refractivity contribution is 5.93. The van der Waals surface area contributed by atoms with Gasteiger partial charge in [0.1, 0.15) is 17.0 Å². The molecular formula is C14H12N4O2. The molecule has 20 heavy (non-hydrogen) atoms. The van der Waals surface area contributed by atoms with Crippen LogP contribution in [0.2, 0.25) is 0 Å². The van der Waals surface area contributed by atoms with Gasteiger partial charge in [0.15, 0.2) is 0 Å². The number of fused-ring (bicyclic) bond motifs is 1. The second kappa shape index (κ2) is 5.00. The summed E-state index contributed by atoms with van der Waals surface area (Å²) < 4.78 is 0. The molecule has 0 aromatic carbocycles. The molecule has 0 amide bonds. The van der Waals surface area contributed by atoms with Crippen LogP contribution in [0.5, 0.6) is 0 Å². The minimum Gasteiger partial charge on any atom is -0.478 e. The van der Waals surface area contributed by atoms with Gasteiger partial charge in [-0.1, -0.05) is 0 Å². The van der Waals surface area contributed by atoms with Gasteiger partial charge in [0.05, 0.1) is 0 Å². The Kier molecular flexibility index (Phi) is 3.04. The minimum atomic E-state index is -0.999. The van der Waals surface area contributed by atoms with E-state index in [0.717, 1.165) is 16.6 Å². The van der Waals surface area contributed by atoms with Crippen LogP contribution in [0, 0.1) is 0 Å². The maximum Gasteiger partial charge on any atom is 0.339 e. The van der Waals surface area contributed by atoms with Crippen LogP contribution >= 0.6 is 0 Å². The van der Waals surface area contributed by atoms with Crippen LogP contribution in [0.25, 0.3) is 11.0 Å². The molecule has 3 heterocycles. The van der Waals surface area contributed by atoms with Crippen molar-refractivity contribution in [2.75, 3.05) is 5.32 Å². The number of anilines is 1. The average molecular weight is 268 g/mol. The number of nitrogens with one attached hydrogen (secondary N) is 2. The summed E-state index contributed by atoms with van der Waals surface area (Å²) in [6, 6.07) is 6.95. The molecule has 6 nitrogen and oxygen atoms in total. The third-order valence-corrected chi connectivity index (χ3v) is 3.02. The summed E-state index contributed by atoms with van der Waals surface area (Å²) >= 11 is 0. The second-order valence-electron chi connectivity index (χ2n) is 4.27.